The van der Waals surface area contributed by atoms with E-state index in [9.17, 15) is 18.8 Å². The fourth-order valence-electron chi connectivity index (χ4n) is 3.09. The number of hydroxylamine groups is 1. The average molecular weight is 359 g/mol. The van der Waals surface area contributed by atoms with E-state index < -0.39 is 29.9 Å². The molecule has 3 unspecified atom stereocenters. The quantitative estimate of drug-likeness (QED) is 0.313. The van der Waals surface area contributed by atoms with Crippen LogP contribution in [0.4, 0.5) is 4.39 Å². The minimum absolute atomic E-state index is 0.199. The second-order valence-corrected chi connectivity index (χ2v) is 6.46. The van der Waals surface area contributed by atoms with Gasteiger partial charge in [0.1, 0.15) is 6.04 Å². The van der Waals surface area contributed by atoms with Crippen LogP contribution in [0.2, 0.25) is 0 Å². The van der Waals surface area contributed by atoms with E-state index >= 15 is 0 Å². The summed E-state index contributed by atoms with van der Waals surface area (Å²) in [5.74, 6) is -3.16. The molecule has 0 spiro atoms. The van der Waals surface area contributed by atoms with E-state index in [-0.39, 0.29) is 12.3 Å². The summed E-state index contributed by atoms with van der Waals surface area (Å²) in [6.07, 6.45) is 2.41. The van der Waals surface area contributed by atoms with Crippen LogP contribution in [-0.2, 0) is 14.4 Å². The maximum Gasteiger partial charge on any atom is 0.278 e. The molecule has 1 heterocycles. The molecule has 1 rings (SSSR count). The smallest absolute Gasteiger partial charge is 0.278 e. The first-order valence-electron chi connectivity index (χ1n) is 9.14. The molecule has 3 amide bonds. The van der Waals surface area contributed by atoms with Crippen molar-refractivity contribution >= 4 is 17.7 Å². The molecule has 3 N–H and O–H groups in total. The molecular weight excluding hydrogens is 329 g/mol. The van der Waals surface area contributed by atoms with Crippen molar-refractivity contribution in [2.24, 2.45) is 5.92 Å². The number of rotatable bonds is 10. The third-order valence-electron chi connectivity index (χ3n) is 4.57. The third kappa shape index (κ3) is 5.95. The number of amides is 3. The second kappa shape index (κ2) is 11.0. The molecule has 7 nitrogen and oxygen atoms in total. The molecule has 25 heavy (non-hydrogen) atoms. The summed E-state index contributed by atoms with van der Waals surface area (Å²) in [6.45, 7) is 4.84. The van der Waals surface area contributed by atoms with Gasteiger partial charge in [0.2, 0.25) is 11.8 Å². The van der Waals surface area contributed by atoms with Crippen LogP contribution in [0.15, 0.2) is 0 Å². The Morgan fingerprint density at radius 3 is 2.52 bits per heavy atom. The van der Waals surface area contributed by atoms with Crippen LogP contribution in [-0.4, -0.2) is 53.1 Å². The molecule has 8 heteroatoms. The van der Waals surface area contributed by atoms with Crippen LogP contribution in [0.1, 0.15) is 58.8 Å². The summed E-state index contributed by atoms with van der Waals surface area (Å²) >= 11 is 0. The predicted molar refractivity (Wildman–Crippen MR) is 90.5 cm³/mol. The maximum atomic E-state index is 14.3. The summed E-state index contributed by atoms with van der Waals surface area (Å²) in [6, 6.07) is -0.613. The molecule has 0 aromatic heterocycles. The molecule has 0 aromatic rings. The van der Waals surface area contributed by atoms with Crippen LogP contribution in [0, 0.1) is 5.92 Å². The third-order valence-corrected chi connectivity index (χ3v) is 4.57. The summed E-state index contributed by atoms with van der Waals surface area (Å²) < 4.78 is 14.3. The lowest BCUT2D eigenvalue weighted by Gasteiger charge is -2.29. The van der Waals surface area contributed by atoms with E-state index in [1.807, 2.05) is 13.8 Å². The highest BCUT2D eigenvalue weighted by Gasteiger charge is 2.41. The zero-order valence-electron chi connectivity index (χ0n) is 15.1. The standard InChI is InChI=1S/C17H30FN3O4/c1-3-5-8-12(14(18)16(23)20-25)17(24)21-11-7-9-13(21)15(22)19-10-6-4-2/h12-14,25H,3-11H2,1-2H3,(H,19,22)(H,20,23). The predicted octanol–water partition coefficient (Wildman–Crippen LogP) is 1.54. The van der Waals surface area contributed by atoms with Gasteiger partial charge in [-0.25, -0.2) is 9.87 Å². The highest BCUT2D eigenvalue weighted by Crippen LogP contribution is 2.25. The van der Waals surface area contributed by atoms with E-state index in [0.29, 0.717) is 32.4 Å². The van der Waals surface area contributed by atoms with Crippen molar-refractivity contribution < 1.29 is 24.0 Å². The van der Waals surface area contributed by atoms with Gasteiger partial charge in [0.05, 0.1) is 5.92 Å². The number of carbonyl (C=O) groups excluding carboxylic acids is 3. The molecule has 1 fully saturated rings. The lowest BCUT2D eigenvalue weighted by atomic mass is 9.94. The van der Waals surface area contributed by atoms with Gasteiger partial charge in [-0.15, -0.1) is 0 Å². The van der Waals surface area contributed by atoms with Gasteiger partial charge in [-0.3, -0.25) is 19.6 Å². The lowest BCUT2D eigenvalue weighted by Crippen LogP contribution is -2.51. The fourth-order valence-corrected chi connectivity index (χ4v) is 3.09. The van der Waals surface area contributed by atoms with Crippen LogP contribution in [0.25, 0.3) is 0 Å². The molecule has 3 atom stereocenters. The molecule has 0 aliphatic carbocycles. The SMILES string of the molecule is CCCCNC(=O)C1CCCN1C(=O)C(CCCC)C(F)C(=O)NO. The van der Waals surface area contributed by atoms with Gasteiger partial charge in [0.25, 0.3) is 5.91 Å². The largest absolute Gasteiger partial charge is 0.354 e. The zero-order chi connectivity index (χ0) is 18.8. The first-order valence-corrected chi connectivity index (χ1v) is 9.14. The number of unbranched alkanes of at least 4 members (excludes halogenated alkanes) is 2. The monoisotopic (exact) mass is 359 g/mol. The van der Waals surface area contributed by atoms with E-state index in [1.54, 1.807) is 0 Å². The minimum Gasteiger partial charge on any atom is -0.354 e. The number of carbonyl (C=O) groups is 3. The van der Waals surface area contributed by atoms with Crippen molar-refractivity contribution in [3.8, 4) is 0 Å². The van der Waals surface area contributed by atoms with Gasteiger partial charge in [-0.1, -0.05) is 33.1 Å². The maximum absolute atomic E-state index is 14.3. The van der Waals surface area contributed by atoms with Gasteiger partial charge in [0.15, 0.2) is 6.17 Å². The fraction of sp³-hybridized carbons (Fsp3) is 0.824. The Labute approximate surface area is 148 Å². The van der Waals surface area contributed by atoms with Gasteiger partial charge in [-0.2, -0.15) is 0 Å². The van der Waals surface area contributed by atoms with Crippen molar-refractivity contribution in [3.63, 3.8) is 0 Å². The molecule has 144 valence electrons. The number of alkyl halides is 1. The number of likely N-dealkylation sites (tertiary alicyclic amines) is 1. The van der Waals surface area contributed by atoms with Crippen molar-refractivity contribution in [2.75, 3.05) is 13.1 Å². The van der Waals surface area contributed by atoms with Crippen LogP contribution < -0.4 is 10.8 Å². The van der Waals surface area contributed by atoms with Crippen molar-refractivity contribution in [1.29, 1.82) is 0 Å². The van der Waals surface area contributed by atoms with Crippen molar-refractivity contribution in [3.05, 3.63) is 0 Å². The van der Waals surface area contributed by atoms with Gasteiger partial charge < -0.3 is 10.2 Å². The van der Waals surface area contributed by atoms with Gasteiger partial charge in [-0.05, 0) is 25.7 Å². The zero-order valence-corrected chi connectivity index (χ0v) is 15.1. The molecule has 0 aromatic carbocycles. The Bertz CT molecular complexity index is 461. The summed E-state index contributed by atoms with van der Waals surface area (Å²) in [7, 11) is 0. The van der Waals surface area contributed by atoms with E-state index in [2.05, 4.69) is 5.32 Å². The lowest BCUT2D eigenvalue weighted by molar-refractivity contribution is -0.149. The number of nitrogens with zero attached hydrogens (tertiary/aromatic N) is 1. The first kappa shape index (κ1) is 21.3. The average Bonchev–Trinajstić information content (AvgIpc) is 3.10. The summed E-state index contributed by atoms with van der Waals surface area (Å²) in [5, 5.41) is 11.5. The topological polar surface area (TPSA) is 98.7 Å². The molecule has 1 aliphatic rings. The molecule has 0 radical (unpaired) electrons. The molecule has 0 saturated carbocycles. The van der Waals surface area contributed by atoms with Crippen molar-refractivity contribution in [1.82, 2.24) is 15.7 Å². The Kier molecular flexibility index (Phi) is 9.41. The van der Waals surface area contributed by atoms with E-state index in [4.69, 9.17) is 5.21 Å². The van der Waals surface area contributed by atoms with Crippen LogP contribution in [0.5, 0.6) is 0 Å². The van der Waals surface area contributed by atoms with Gasteiger partial charge >= 0.3 is 0 Å². The van der Waals surface area contributed by atoms with Crippen LogP contribution in [0.3, 0.4) is 0 Å². The minimum atomic E-state index is -2.13. The van der Waals surface area contributed by atoms with Crippen molar-refractivity contribution in [2.45, 2.75) is 71.0 Å². The summed E-state index contributed by atoms with van der Waals surface area (Å²) in [4.78, 5) is 37.9. The molecule has 1 saturated heterocycles. The number of hydrogen-bond donors (Lipinski definition) is 3. The normalized spacial score (nSPS) is 19.4. The summed E-state index contributed by atoms with van der Waals surface area (Å²) in [5.41, 5.74) is 1.27. The highest BCUT2D eigenvalue weighted by molar-refractivity contribution is 5.92. The Balaban J connectivity index is 2.82. The van der Waals surface area contributed by atoms with E-state index in [1.165, 1.54) is 10.4 Å². The van der Waals surface area contributed by atoms with Gasteiger partial charge in [0, 0.05) is 13.1 Å². The number of halogens is 1. The first-order chi connectivity index (χ1) is 12.0. The Morgan fingerprint density at radius 2 is 1.92 bits per heavy atom. The number of hydrogen-bond acceptors (Lipinski definition) is 4. The molecule has 0 bridgehead atoms. The number of nitrogens with one attached hydrogen (secondary N) is 2. The highest BCUT2D eigenvalue weighted by atomic mass is 19.1. The second-order valence-electron chi connectivity index (χ2n) is 6.46. The van der Waals surface area contributed by atoms with E-state index in [0.717, 1.165) is 19.3 Å². The Morgan fingerprint density at radius 1 is 1.24 bits per heavy atom. The Hall–Kier alpha value is -1.70. The molecular formula is C17H30FN3O4. The molecule has 1 aliphatic heterocycles. The van der Waals surface area contributed by atoms with Crippen LogP contribution >= 0.6 is 0 Å².